The summed E-state index contributed by atoms with van der Waals surface area (Å²) >= 11 is 0. The van der Waals surface area contributed by atoms with Crippen molar-refractivity contribution in [2.75, 3.05) is 4.72 Å². The number of nitrogens with one attached hydrogen (secondary N) is 1. The number of sulfonamides is 1. The van der Waals surface area contributed by atoms with Crippen LogP contribution in [0.25, 0.3) is 0 Å². The first-order chi connectivity index (χ1) is 13.8. The smallest absolute Gasteiger partial charge is 0.285 e. The van der Waals surface area contributed by atoms with Crippen LogP contribution in [0.15, 0.2) is 72.9 Å². The molecule has 0 fully saturated rings. The highest BCUT2D eigenvalue weighted by molar-refractivity contribution is 7.91. The molecule has 0 bridgehead atoms. The summed E-state index contributed by atoms with van der Waals surface area (Å²) in [5, 5.41) is 10.5. The molecule has 1 heterocycles. The van der Waals surface area contributed by atoms with Crippen LogP contribution in [-0.2, 0) is 22.3 Å². The molecule has 1 amide bonds. The van der Waals surface area contributed by atoms with Crippen LogP contribution in [0.3, 0.4) is 0 Å². The molecular formula is C20H19ClFN3O4S. The third kappa shape index (κ3) is 6.51. The number of hydroxylamine groups is 2. The van der Waals surface area contributed by atoms with Gasteiger partial charge in [-0.1, -0.05) is 42.5 Å². The number of benzene rings is 2. The van der Waals surface area contributed by atoms with Crippen molar-refractivity contribution in [2.45, 2.75) is 12.3 Å². The van der Waals surface area contributed by atoms with E-state index in [0.29, 0.717) is 10.6 Å². The van der Waals surface area contributed by atoms with E-state index in [4.69, 9.17) is 0 Å². The lowest BCUT2D eigenvalue weighted by molar-refractivity contribution is -0.0652. The molecule has 0 radical (unpaired) electrons. The largest absolute Gasteiger partial charge is 0.296 e. The van der Waals surface area contributed by atoms with E-state index in [1.165, 1.54) is 42.6 Å². The standard InChI is InChI=1S/C20H18FN3O4S.ClH/c21-17-8-6-16(7-9-17)14-29(27,28)23-18-10-11-22-19(12-18)20(25)24(26)13-15-4-2-1-3-5-15;/h1-12,26H,13-14H2,(H,22,23);1H. The average Bonchev–Trinajstić information content (AvgIpc) is 2.69. The van der Waals surface area contributed by atoms with Crippen molar-refractivity contribution in [3.8, 4) is 0 Å². The van der Waals surface area contributed by atoms with Crippen LogP contribution >= 0.6 is 12.4 Å². The number of rotatable bonds is 7. The van der Waals surface area contributed by atoms with Crippen molar-refractivity contribution >= 4 is 34.0 Å². The van der Waals surface area contributed by atoms with Gasteiger partial charge in [-0.05, 0) is 35.4 Å². The van der Waals surface area contributed by atoms with E-state index in [1.807, 2.05) is 6.07 Å². The molecule has 7 nitrogen and oxygen atoms in total. The zero-order valence-electron chi connectivity index (χ0n) is 15.6. The van der Waals surface area contributed by atoms with E-state index in [1.54, 1.807) is 24.3 Å². The van der Waals surface area contributed by atoms with Gasteiger partial charge in [0.1, 0.15) is 11.5 Å². The highest BCUT2D eigenvalue weighted by Crippen LogP contribution is 2.15. The Morgan fingerprint density at radius 1 is 1.03 bits per heavy atom. The maximum absolute atomic E-state index is 13.0. The number of pyridine rings is 1. The zero-order valence-corrected chi connectivity index (χ0v) is 17.2. The molecule has 3 aromatic rings. The molecule has 0 atom stereocenters. The van der Waals surface area contributed by atoms with Crippen LogP contribution in [0, 0.1) is 5.82 Å². The zero-order chi connectivity index (χ0) is 20.9. The van der Waals surface area contributed by atoms with Gasteiger partial charge in [0.15, 0.2) is 0 Å². The minimum absolute atomic E-state index is 0. The fourth-order valence-corrected chi connectivity index (χ4v) is 3.78. The SMILES string of the molecule is Cl.O=C(c1cc(NS(=O)(=O)Cc2ccc(F)cc2)ccn1)N(O)Cc1ccccc1. The Labute approximate surface area is 179 Å². The Kier molecular flexibility index (Phi) is 7.87. The van der Waals surface area contributed by atoms with E-state index in [0.717, 1.165) is 5.56 Å². The van der Waals surface area contributed by atoms with E-state index >= 15 is 0 Å². The minimum Gasteiger partial charge on any atom is -0.285 e. The van der Waals surface area contributed by atoms with Crippen molar-refractivity contribution < 1.29 is 22.8 Å². The number of hydrogen-bond donors (Lipinski definition) is 2. The first-order valence-electron chi connectivity index (χ1n) is 8.58. The molecule has 10 heteroatoms. The number of anilines is 1. The Morgan fingerprint density at radius 3 is 2.37 bits per heavy atom. The van der Waals surface area contributed by atoms with Crippen LogP contribution in [0.1, 0.15) is 21.6 Å². The van der Waals surface area contributed by atoms with Gasteiger partial charge in [-0.15, -0.1) is 12.4 Å². The number of nitrogens with zero attached hydrogens (tertiary/aromatic N) is 2. The Morgan fingerprint density at radius 2 is 1.70 bits per heavy atom. The summed E-state index contributed by atoms with van der Waals surface area (Å²) < 4.78 is 40.0. The molecule has 0 aliphatic rings. The lowest BCUT2D eigenvalue weighted by atomic mass is 10.2. The third-order valence-corrected chi connectivity index (χ3v) is 5.19. The molecule has 158 valence electrons. The molecule has 0 spiro atoms. The number of aromatic nitrogens is 1. The van der Waals surface area contributed by atoms with Gasteiger partial charge in [0, 0.05) is 6.20 Å². The molecule has 0 saturated heterocycles. The second-order valence-corrected chi connectivity index (χ2v) is 7.99. The minimum atomic E-state index is -3.80. The normalized spacial score (nSPS) is 10.7. The van der Waals surface area contributed by atoms with Crippen LogP contribution in [-0.4, -0.2) is 29.6 Å². The molecule has 2 aromatic carbocycles. The fourth-order valence-electron chi connectivity index (χ4n) is 2.59. The molecule has 0 saturated carbocycles. The fraction of sp³-hybridized carbons (Fsp3) is 0.100. The van der Waals surface area contributed by atoms with Gasteiger partial charge in [0.05, 0.1) is 18.0 Å². The molecular weight excluding hydrogens is 433 g/mol. The number of halogens is 2. The first-order valence-corrected chi connectivity index (χ1v) is 10.2. The van der Waals surface area contributed by atoms with Crippen molar-refractivity contribution in [3.05, 3.63) is 95.6 Å². The van der Waals surface area contributed by atoms with E-state index in [-0.39, 0.29) is 36.1 Å². The predicted molar refractivity (Wildman–Crippen MR) is 112 cm³/mol. The molecule has 1 aromatic heterocycles. The van der Waals surface area contributed by atoms with Gasteiger partial charge in [-0.25, -0.2) is 17.9 Å². The van der Waals surface area contributed by atoms with Gasteiger partial charge < -0.3 is 0 Å². The van der Waals surface area contributed by atoms with Crippen molar-refractivity contribution in [2.24, 2.45) is 0 Å². The van der Waals surface area contributed by atoms with Gasteiger partial charge in [-0.2, -0.15) is 0 Å². The van der Waals surface area contributed by atoms with Crippen molar-refractivity contribution in [3.63, 3.8) is 0 Å². The van der Waals surface area contributed by atoms with Crippen LogP contribution in [0.2, 0.25) is 0 Å². The van der Waals surface area contributed by atoms with Gasteiger partial charge >= 0.3 is 0 Å². The summed E-state index contributed by atoms with van der Waals surface area (Å²) in [5.74, 6) is -1.59. The third-order valence-electron chi connectivity index (χ3n) is 3.93. The summed E-state index contributed by atoms with van der Waals surface area (Å²) in [6, 6.07) is 16.6. The summed E-state index contributed by atoms with van der Waals surface area (Å²) in [5.41, 5.74) is 1.14. The van der Waals surface area contributed by atoms with Crippen molar-refractivity contribution in [1.29, 1.82) is 0 Å². The van der Waals surface area contributed by atoms with Crippen LogP contribution in [0.4, 0.5) is 10.1 Å². The lowest BCUT2D eigenvalue weighted by Gasteiger charge is -2.15. The Bertz CT molecular complexity index is 1100. The molecule has 30 heavy (non-hydrogen) atoms. The van der Waals surface area contributed by atoms with Gasteiger partial charge in [-0.3, -0.25) is 19.7 Å². The van der Waals surface area contributed by atoms with Crippen LogP contribution in [0.5, 0.6) is 0 Å². The van der Waals surface area contributed by atoms with Crippen molar-refractivity contribution in [1.82, 2.24) is 10.0 Å². The highest BCUT2D eigenvalue weighted by atomic mass is 35.5. The molecule has 0 aliphatic carbocycles. The monoisotopic (exact) mass is 451 g/mol. The predicted octanol–water partition coefficient (Wildman–Crippen LogP) is 3.62. The number of amides is 1. The summed E-state index contributed by atoms with van der Waals surface area (Å²) in [6.45, 7) is -0.0398. The highest BCUT2D eigenvalue weighted by Gasteiger charge is 2.18. The van der Waals surface area contributed by atoms with E-state index in [2.05, 4.69) is 9.71 Å². The molecule has 3 rings (SSSR count). The Balaban J connectivity index is 0.00000320. The number of hydrogen-bond acceptors (Lipinski definition) is 5. The number of carbonyl (C=O) groups excluding carboxylic acids is 1. The average molecular weight is 452 g/mol. The topological polar surface area (TPSA) is 99.6 Å². The van der Waals surface area contributed by atoms with E-state index < -0.39 is 21.7 Å². The maximum Gasteiger partial charge on any atom is 0.296 e. The van der Waals surface area contributed by atoms with Gasteiger partial charge in [0.2, 0.25) is 10.0 Å². The van der Waals surface area contributed by atoms with Crippen LogP contribution < -0.4 is 4.72 Å². The van der Waals surface area contributed by atoms with Gasteiger partial charge in [0.25, 0.3) is 5.91 Å². The lowest BCUT2D eigenvalue weighted by Crippen LogP contribution is -2.27. The molecule has 0 aliphatic heterocycles. The Hall–Kier alpha value is -3.01. The van der Waals surface area contributed by atoms with E-state index in [9.17, 15) is 22.8 Å². The first kappa shape index (κ1) is 23.3. The second-order valence-electron chi connectivity index (χ2n) is 6.27. The second kappa shape index (κ2) is 10.1. The maximum atomic E-state index is 13.0. The summed E-state index contributed by atoms with van der Waals surface area (Å²) in [7, 11) is -3.80. The summed E-state index contributed by atoms with van der Waals surface area (Å²) in [4.78, 5) is 16.3. The summed E-state index contributed by atoms with van der Waals surface area (Å²) in [6.07, 6.45) is 1.26. The molecule has 0 unspecified atom stereocenters. The molecule has 2 N–H and O–H groups in total. The number of carbonyl (C=O) groups is 1. The quantitative estimate of drug-likeness (QED) is 0.422.